The van der Waals surface area contributed by atoms with Crippen molar-refractivity contribution >= 4 is 18.5 Å². The molecule has 0 aliphatic carbocycles. The number of fused-ring (bicyclic) bond motifs is 1. The van der Waals surface area contributed by atoms with Crippen LogP contribution < -0.4 is 0 Å². The third-order valence-corrected chi connectivity index (χ3v) is 6.19. The van der Waals surface area contributed by atoms with Crippen LogP contribution in [0.15, 0.2) is 30.5 Å². The van der Waals surface area contributed by atoms with E-state index in [2.05, 4.69) is 6.07 Å². The van der Waals surface area contributed by atoms with Crippen LogP contribution in [0.25, 0.3) is 10.9 Å². The van der Waals surface area contributed by atoms with Crippen molar-refractivity contribution in [3.63, 3.8) is 0 Å². The summed E-state index contributed by atoms with van der Waals surface area (Å²) >= 11 is 0. The van der Waals surface area contributed by atoms with Crippen molar-refractivity contribution < 1.29 is 13.6 Å². The van der Waals surface area contributed by atoms with Gasteiger partial charge in [-0.15, -0.1) is 0 Å². The molecule has 122 valence electrons. The smallest absolute Gasteiger partial charge is 0.350 e. The Morgan fingerprint density at radius 3 is 2.32 bits per heavy atom. The van der Waals surface area contributed by atoms with Crippen molar-refractivity contribution in [1.82, 2.24) is 9.47 Å². The summed E-state index contributed by atoms with van der Waals surface area (Å²) in [7, 11) is 2.50. The minimum absolute atomic E-state index is 0.354. The van der Waals surface area contributed by atoms with Crippen molar-refractivity contribution in [3.8, 4) is 0 Å². The lowest BCUT2D eigenvalue weighted by Crippen LogP contribution is -2.22. The number of nitrogens with zero attached hydrogens (tertiary/aromatic N) is 2. The van der Waals surface area contributed by atoms with Gasteiger partial charge in [-0.2, -0.15) is 0 Å². The summed E-state index contributed by atoms with van der Waals surface area (Å²) in [6.07, 6.45) is 2.01. The van der Waals surface area contributed by atoms with E-state index in [1.54, 1.807) is 0 Å². The Kier molecular flexibility index (Phi) is 5.45. The van der Waals surface area contributed by atoms with E-state index in [9.17, 15) is 4.57 Å². The van der Waals surface area contributed by atoms with Crippen LogP contribution in [0.3, 0.4) is 0 Å². The third kappa shape index (κ3) is 3.13. The second-order valence-electron chi connectivity index (χ2n) is 5.43. The molecule has 0 amide bonds. The van der Waals surface area contributed by atoms with Crippen LogP contribution in [-0.2, 0) is 20.7 Å². The number of benzene rings is 1. The Bertz CT molecular complexity index is 671. The zero-order valence-corrected chi connectivity index (χ0v) is 14.8. The molecule has 0 fully saturated rings. The van der Waals surface area contributed by atoms with E-state index in [0.717, 1.165) is 16.5 Å². The van der Waals surface area contributed by atoms with E-state index in [0.29, 0.717) is 13.2 Å². The standard InChI is InChI=1S/C16H25N2O3P/c1-6-20-22(19,21-7-2)16(17(3)4)14-12-18(5)15-11-9-8-10-13(14)15/h8-12,16H,6-7H2,1-5H3. The molecule has 1 aromatic heterocycles. The molecule has 6 heteroatoms. The summed E-state index contributed by atoms with van der Waals surface area (Å²) in [4.78, 5) is 1.91. The molecule has 0 saturated heterocycles. The van der Waals surface area contributed by atoms with Gasteiger partial charge in [0, 0.05) is 29.7 Å². The van der Waals surface area contributed by atoms with Gasteiger partial charge in [-0.25, -0.2) is 0 Å². The van der Waals surface area contributed by atoms with Gasteiger partial charge in [-0.3, -0.25) is 9.46 Å². The van der Waals surface area contributed by atoms with E-state index in [1.807, 2.05) is 68.9 Å². The van der Waals surface area contributed by atoms with Gasteiger partial charge < -0.3 is 13.6 Å². The van der Waals surface area contributed by atoms with Gasteiger partial charge in [-0.1, -0.05) is 18.2 Å². The van der Waals surface area contributed by atoms with Crippen molar-refractivity contribution in [2.24, 2.45) is 7.05 Å². The van der Waals surface area contributed by atoms with Crippen LogP contribution in [0, 0.1) is 0 Å². The lowest BCUT2D eigenvalue weighted by atomic mass is 10.1. The maximum Gasteiger partial charge on any atom is 0.352 e. The number of hydrogen-bond acceptors (Lipinski definition) is 4. The minimum Gasteiger partial charge on any atom is -0.350 e. The van der Waals surface area contributed by atoms with E-state index >= 15 is 0 Å². The zero-order valence-electron chi connectivity index (χ0n) is 13.9. The van der Waals surface area contributed by atoms with Crippen LogP contribution in [0.5, 0.6) is 0 Å². The lowest BCUT2D eigenvalue weighted by Gasteiger charge is -2.30. The van der Waals surface area contributed by atoms with Crippen LogP contribution >= 0.6 is 7.60 Å². The topological polar surface area (TPSA) is 43.7 Å². The summed E-state index contributed by atoms with van der Waals surface area (Å²) in [5, 5.41) is 1.07. The van der Waals surface area contributed by atoms with Gasteiger partial charge in [0.15, 0.2) is 0 Å². The Hall–Kier alpha value is -1.13. The first-order chi connectivity index (χ1) is 10.4. The first-order valence-corrected chi connectivity index (χ1v) is 9.15. The molecule has 2 rings (SSSR count). The van der Waals surface area contributed by atoms with Gasteiger partial charge in [-0.05, 0) is 34.0 Å². The highest BCUT2D eigenvalue weighted by molar-refractivity contribution is 7.54. The SMILES string of the molecule is CCOP(=O)(OCC)C(c1cn(C)c2ccccc12)N(C)C. The minimum atomic E-state index is -3.29. The fourth-order valence-corrected chi connectivity index (χ4v) is 5.04. The van der Waals surface area contributed by atoms with Crippen LogP contribution in [0.1, 0.15) is 25.2 Å². The van der Waals surface area contributed by atoms with Gasteiger partial charge in [0.25, 0.3) is 0 Å². The normalized spacial score (nSPS) is 13.9. The number of hydrogen-bond donors (Lipinski definition) is 0. The number of aromatic nitrogens is 1. The highest BCUT2D eigenvalue weighted by Gasteiger charge is 2.40. The second-order valence-corrected chi connectivity index (χ2v) is 7.51. The van der Waals surface area contributed by atoms with E-state index in [1.165, 1.54) is 0 Å². The van der Waals surface area contributed by atoms with Crippen LogP contribution in [0.4, 0.5) is 0 Å². The second kappa shape index (κ2) is 6.97. The molecule has 0 aliphatic heterocycles. The molecular weight excluding hydrogens is 299 g/mol. The van der Waals surface area contributed by atoms with Crippen molar-refractivity contribution in [2.75, 3.05) is 27.3 Å². The molecule has 0 saturated carbocycles. The van der Waals surface area contributed by atoms with Crippen molar-refractivity contribution in [3.05, 3.63) is 36.0 Å². The summed E-state index contributed by atoms with van der Waals surface area (Å²) in [6, 6.07) is 8.09. The molecule has 1 atom stereocenters. The number of aryl methyl sites for hydroxylation is 1. The third-order valence-electron chi connectivity index (χ3n) is 3.61. The van der Waals surface area contributed by atoms with Gasteiger partial charge >= 0.3 is 7.60 Å². The van der Waals surface area contributed by atoms with Gasteiger partial charge in [0.2, 0.25) is 0 Å². The molecule has 1 aromatic carbocycles. The summed E-state index contributed by atoms with van der Waals surface area (Å²) in [6.45, 7) is 4.38. The molecular formula is C16H25N2O3P. The highest BCUT2D eigenvalue weighted by Crippen LogP contribution is 2.62. The molecule has 0 spiro atoms. The molecule has 5 nitrogen and oxygen atoms in total. The van der Waals surface area contributed by atoms with E-state index in [-0.39, 0.29) is 0 Å². The summed E-state index contributed by atoms with van der Waals surface area (Å²) in [5.41, 5.74) is 2.07. The van der Waals surface area contributed by atoms with Crippen LogP contribution in [0.2, 0.25) is 0 Å². The Morgan fingerprint density at radius 2 is 1.77 bits per heavy atom. The molecule has 22 heavy (non-hydrogen) atoms. The largest absolute Gasteiger partial charge is 0.352 e. The molecule has 0 bridgehead atoms. The first kappa shape index (κ1) is 17.2. The quantitative estimate of drug-likeness (QED) is 0.722. The predicted molar refractivity (Wildman–Crippen MR) is 90.2 cm³/mol. The van der Waals surface area contributed by atoms with Crippen molar-refractivity contribution in [2.45, 2.75) is 19.6 Å². The molecule has 1 heterocycles. The Labute approximate surface area is 132 Å². The lowest BCUT2D eigenvalue weighted by molar-refractivity contribution is 0.187. The Balaban J connectivity index is 2.62. The van der Waals surface area contributed by atoms with Crippen molar-refractivity contribution in [1.29, 1.82) is 0 Å². The fraction of sp³-hybridized carbons (Fsp3) is 0.500. The first-order valence-electron chi connectivity index (χ1n) is 7.53. The average Bonchev–Trinajstić information content (AvgIpc) is 2.77. The summed E-state index contributed by atoms with van der Waals surface area (Å²) in [5.74, 6) is -0.432. The summed E-state index contributed by atoms with van der Waals surface area (Å²) < 4.78 is 26.5. The maximum atomic E-state index is 13.3. The maximum absolute atomic E-state index is 13.3. The van der Waals surface area contributed by atoms with E-state index in [4.69, 9.17) is 9.05 Å². The van der Waals surface area contributed by atoms with Gasteiger partial charge in [0.1, 0.15) is 5.78 Å². The average molecular weight is 324 g/mol. The highest BCUT2D eigenvalue weighted by atomic mass is 31.2. The van der Waals surface area contributed by atoms with Gasteiger partial charge in [0.05, 0.1) is 13.2 Å². The molecule has 0 aliphatic rings. The molecule has 2 aromatic rings. The fourth-order valence-electron chi connectivity index (χ4n) is 2.85. The molecule has 1 unspecified atom stereocenters. The number of rotatable bonds is 7. The monoisotopic (exact) mass is 324 g/mol. The van der Waals surface area contributed by atoms with E-state index < -0.39 is 13.4 Å². The van der Waals surface area contributed by atoms with Crippen LogP contribution in [-0.4, -0.2) is 36.8 Å². The molecule has 0 N–H and O–H groups in total. The number of para-hydroxylation sites is 1. The molecule has 0 radical (unpaired) electrons. The zero-order chi connectivity index (χ0) is 16.3. The Morgan fingerprint density at radius 1 is 1.18 bits per heavy atom. The predicted octanol–water partition coefficient (Wildman–Crippen LogP) is 4.00.